The average Bonchev–Trinajstić information content (AvgIpc) is 2.96. The highest BCUT2D eigenvalue weighted by atomic mass is 35.5. The van der Waals surface area contributed by atoms with Crippen molar-refractivity contribution in [3.8, 4) is 0 Å². The zero-order chi connectivity index (χ0) is 12.5. The molecule has 2 saturated heterocycles. The molecule has 2 nitrogen and oxygen atoms in total. The van der Waals surface area contributed by atoms with Crippen molar-refractivity contribution < 1.29 is 0 Å². The number of thiophene rings is 1. The minimum Gasteiger partial charge on any atom is -0.307 e. The van der Waals surface area contributed by atoms with Crippen LogP contribution in [0.3, 0.4) is 0 Å². The summed E-state index contributed by atoms with van der Waals surface area (Å²) in [6.45, 7) is 4.85. The molecule has 0 aromatic carbocycles. The smallest absolute Gasteiger partial charge is 0.0931 e. The molecule has 2 aliphatic rings. The van der Waals surface area contributed by atoms with Crippen molar-refractivity contribution in [1.29, 1.82) is 0 Å². The van der Waals surface area contributed by atoms with E-state index < -0.39 is 0 Å². The van der Waals surface area contributed by atoms with Gasteiger partial charge in [0.25, 0.3) is 0 Å². The minimum atomic E-state index is 0.423. The number of fused-ring (bicyclic) bond motifs is 1. The van der Waals surface area contributed by atoms with Gasteiger partial charge in [0, 0.05) is 18.1 Å². The number of rotatable bonds is 3. The summed E-state index contributed by atoms with van der Waals surface area (Å²) < 4.78 is 0.893. The summed E-state index contributed by atoms with van der Waals surface area (Å²) in [7, 11) is 0. The molecule has 3 heterocycles. The van der Waals surface area contributed by atoms with Crippen molar-refractivity contribution in [2.75, 3.05) is 13.1 Å². The number of hydrogen-bond donors (Lipinski definition) is 1. The third-order valence-electron chi connectivity index (χ3n) is 4.39. The quantitative estimate of drug-likeness (QED) is 0.911. The molecule has 4 heteroatoms. The van der Waals surface area contributed by atoms with Crippen molar-refractivity contribution in [1.82, 2.24) is 10.2 Å². The predicted octanol–water partition coefficient (Wildman–Crippen LogP) is 3.68. The van der Waals surface area contributed by atoms with Gasteiger partial charge in [0.2, 0.25) is 0 Å². The first-order valence-electron chi connectivity index (χ1n) is 6.96. The van der Waals surface area contributed by atoms with Crippen LogP contribution in [0.1, 0.15) is 44.2 Å². The maximum atomic E-state index is 6.00. The van der Waals surface area contributed by atoms with E-state index in [0.29, 0.717) is 12.1 Å². The molecule has 3 atom stereocenters. The number of piperidine rings is 1. The Labute approximate surface area is 118 Å². The molecular weight excluding hydrogens is 264 g/mol. The fourth-order valence-electron chi connectivity index (χ4n) is 3.38. The van der Waals surface area contributed by atoms with Crippen LogP contribution in [-0.2, 0) is 0 Å². The molecule has 0 spiro atoms. The molecule has 1 aromatic rings. The van der Waals surface area contributed by atoms with E-state index in [1.807, 2.05) is 0 Å². The number of nitrogens with zero attached hydrogens (tertiary/aromatic N) is 1. The molecule has 1 aromatic heterocycles. The summed E-state index contributed by atoms with van der Waals surface area (Å²) in [5.74, 6) is 0. The first-order valence-corrected chi connectivity index (χ1v) is 8.22. The standard InChI is InChI=1S/C14H21ClN2S/c1-10(11-7-14(15)18-9-11)16-12-4-6-17-5-2-3-13(17)8-12/h7,9-10,12-13,16H,2-6,8H2,1H3. The van der Waals surface area contributed by atoms with Gasteiger partial charge in [-0.3, -0.25) is 0 Å². The van der Waals surface area contributed by atoms with Crippen LogP contribution in [0.2, 0.25) is 4.34 Å². The summed E-state index contributed by atoms with van der Waals surface area (Å²) in [6, 6.07) is 4.04. The van der Waals surface area contributed by atoms with E-state index in [1.165, 1.54) is 44.3 Å². The van der Waals surface area contributed by atoms with Crippen LogP contribution >= 0.6 is 22.9 Å². The second-order valence-corrected chi connectivity index (χ2v) is 7.17. The van der Waals surface area contributed by atoms with Crippen molar-refractivity contribution in [3.63, 3.8) is 0 Å². The monoisotopic (exact) mass is 284 g/mol. The Bertz CT molecular complexity index is 406. The summed E-state index contributed by atoms with van der Waals surface area (Å²) in [5, 5.41) is 5.95. The predicted molar refractivity (Wildman–Crippen MR) is 78.5 cm³/mol. The van der Waals surface area contributed by atoms with Crippen molar-refractivity contribution in [3.05, 3.63) is 21.3 Å². The van der Waals surface area contributed by atoms with Crippen LogP contribution in [0.25, 0.3) is 0 Å². The highest BCUT2D eigenvalue weighted by molar-refractivity contribution is 7.14. The maximum absolute atomic E-state index is 6.00. The largest absolute Gasteiger partial charge is 0.307 e. The van der Waals surface area contributed by atoms with E-state index in [0.717, 1.165) is 10.4 Å². The average molecular weight is 285 g/mol. The molecule has 0 radical (unpaired) electrons. The topological polar surface area (TPSA) is 15.3 Å². The van der Waals surface area contributed by atoms with Crippen LogP contribution in [-0.4, -0.2) is 30.1 Å². The lowest BCUT2D eigenvalue weighted by molar-refractivity contribution is 0.162. The van der Waals surface area contributed by atoms with Gasteiger partial charge in [-0.25, -0.2) is 0 Å². The summed E-state index contributed by atoms with van der Waals surface area (Å²) >= 11 is 7.63. The van der Waals surface area contributed by atoms with E-state index in [-0.39, 0.29) is 0 Å². The van der Waals surface area contributed by atoms with Gasteiger partial charge >= 0.3 is 0 Å². The molecule has 0 aliphatic carbocycles. The highest BCUT2D eigenvalue weighted by Gasteiger charge is 2.32. The van der Waals surface area contributed by atoms with E-state index in [2.05, 4.69) is 28.6 Å². The zero-order valence-corrected chi connectivity index (χ0v) is 12.4. The summed E-state index contributed by atoms with van der Waals surface area (Å²) in [5.41, 5.74) is 1.33. The molecule has 3 unspecified atom stereocenters. The van der Waals surface area contributed by atoms with Gasteiger partial charge in [-0.15, -0.1) is 11.3 Å². The van der Waals surface area contributed by atoms with Crippen LogP contribution in [0.15, 0.2) is 11.4 Å². The van der Waals surface area contributed by atoms with Crippen molar-refractivity contribution in [2.45, 2.75) is 50.7 Å². The van der Waals surface area contributed by atoms with Crippen molar-refractivity contribution >= 4 is 22.9 Å². The van der Waals surface area contributed by atoms with Gasteiger partial charge in [-0.05, 0) is 62.7 Å². The van der Waals surface area contributed by atoms with Gasteiger partial charge in [0.05, 0.1) is 4.34 Å². The molecular formula is C14H21ClN2S. The number of nitrogens with one attached hydrogen (secondary N) is 1. The second-order valence-electron chi connectivity index (χ2n) is 5.63. The van der Waals surface area contributed by atoms with Crippen LogP contribution < -0.4 is 5.32 Å². The first kappa shape index (κ1) is 12.9. The minimum absolute atomic E-state index is 0.423. The normalized spacial score (nSPS) is 30.3. The second kappa shape index (κ2) is 5.49. The lowest BCUT2D eigenvalue weighted by Crippen LogP contribution is -2.46. The Hall–Kier alpha value is -0.0900. The summed E-state index contributed by atoms with van der Waals surface area (Å²) in [4.78, 5) is 2.67. The molecule has 0 saturated carbocycles. The fraction of sp³-hybridized carbons (Fsp3) is 0.714. The lowest BCUT2D eigenvalue weighted by Gasteiger charge is -2.36. The molecule has 0 amide bonds. The summed E-state index contributed by atoms with van der Waals surface area (Å²) in [6.07, 6.45) is 5.41. The molecule has 18 heavy (non-hydrogen) atoms. The van der Waals surface area contributed by atoms with E-state index in [9.17, 15) is 0 Å². The van der Waals surface area contributed by atoms with Gasteiger partial charge in [0.15, 0.2) is 0 Å². The van der Waals surface area contributed by atoms with E-state index >= 15 is 0 Å². The molecule has 1 N–H and O–H groups in total. The zero-order valence-electron chi connectivity index (χ0n) is 10.9. The number of halogens is 1. The Morgan fingerprint density at radius 2 is 2.33 bits per heavy atom. The van der Waals surface area contributed by atoms with Gasteiger partial charge in [0.1, 0.15) is 0 Å². The van der Waals surface area contributed by atoms with Crippen LogP contribution in [0.5, 0.6) is 0 Å². The van der Waals surface area contributed by atoms with Gasteiger partial charge in [-0.2, -0.15) is 0 Å². The molecule has 0 bridgehead atoms. The molecule has 2 fully saturated rings. The lowest BCUT2D eigenvalue weighted by atomic mass is 9.96. The highest BCUT2D eigenvalue weighted by Crippen LogP contribution is 2.29. The molecule has 2 aliphatic heterocycles. The SMILES string of the molecule is CC(NC1CCN2CCCC2C1)c1csc(Cl)c1. The van der Waals surface area contributed by atoms with Gasteiger partial charge < -0.3 is 10.2 Å². The molecule has 3 rings (SSSR count). The Kier molecular flexibility index (Phi) is 3.94. The van der Waals surface area contributed by atoms with Crippen molar-refractivity contribution in [2.24, 2.45) is 0 Å². The first-order chi connectivity index (χ1) is 8.72. The molecule has 100 valence electrons. The third-order valence-corrected chi connectivity index (χ3v) is 5.50. The van der Waals surface area contributed by atoms with E-state index in [4.69, 9.17) is 11.6 Å². The Balaban J connectivity index is 1.56. The fourth-order valence-corrected chi connectivity index (χ4v) is 4.36. The van der Waals surface area contributed by atoms with E-state index in [1.54, 1.807) is 11.3 Å². The Morgan fingerprint density at radius 3 is 3.11 bits per heavy atom. The van der Waals surface area contributed by atoms with Gasteiger partial charge in [-0.1, -0.05) is 11.6 Å². The number of hydrogen-bond acceptors (Lipinski definition) is 3. The third kappa shape index (κ3) is 2.74. The van der Waals surface area contributed by atoms with Crippen LogP contribution in [0.4, 0.5) is 0 Å². The van der Waals surface area contributed by atoms with Crippen LogP contribution in [0, 0.1) is 0 Å². The maximum Gasteiger partial charge on any atom is 0.0931 e. The Morgan fingerprint density at radius 1 is 1.44 bits per heavy atom.